The van der Waals surface area contributed by atoms with Gasteiger partial charge in [-0.15, -0.1) is 0 Å². The van der Waals surface area contributed by atoms with Gasteiger partial charge in [0.2, 0.25) is 11.8 Å². The highest BCUT2D eigenvalue weighted by Gasteiger charge is 2.33. The van der Waals surface area contributed by atoms with Crippen LogP contribution in [0, 0.1) is 12.7 Å². The minimum absolute atomic E-state index is 0.00845. The first kappa shape index (κ1) is 33.2. The summed E-state index contributed by atoms with van der Waals surface area (Å²) in [5.74, 6) is -0.368. The first-order valence-corrected chi connectivity index (χ1v) is 16.0. The van der Waals surface area contributed by atoms with Gasteiger partial charge < -0.3 is 15.0 Å². The second-order valence-corrected chi connectivity index (χ2v) is 13.7. The number of sulfonamides is 1. The summed E-state index contributed by atoms with van der Waals surface area (Å²) in [6.45, 7) is 8.27. The Morgan fingerprint density at radius 1 is 0.844 bits per heavy atom. The second kappa shape index (κ2) is 13.9. The number of anilines is 1. The number of hydrogen-bond acceptors (Lipinski definition) is 5. The van der Waals surface area contributed by atoms with E-state index in [1.807, 2.05) is 45.9 Å². The number of ether oxygens (including phenoxy) is 1. The predicted molar refractivity (Wildman–Crippen MR) is 173 cm³/mol. The van der Waals surface area contributed by atoms with E-state index in [1.165, 1.54) is 41.3 Å². The van der Waals surface area contributed by atoms with E-state index in [4.69, 9.17) is 4.74 Å². The molecule has 0 bridgehead atoms. The van der Waals surface area contributed by atoms with Crippen LogP contribution >= 0.6 is 0 Å². The normalized spacial score (nSPS) is 12.2. The van der Waals surface area contributed by atoms with Crippen molar-refractivity contribution in [1.82, 2.24) is 10.2 Å². The van der Waals surface area contributed by atoms with Gasteiger partial charge in [0.05, 0.1) is 10.6 Å². The van der Waals surface area contributed by atoms with Gasteiger partial charge in [-0.05, 0) is 101 Å². The van der Waals surface area contributed by atoms with Gasteiger partial charge in [-0.1, -0.05) is 48.0 Å². The van der Waals surface area contributed by atoms with Crippen LogP contribution in [0.1, 0.15) is 38.8 Å². The van der Waals surface area contributed by atoms with E-state index in [0.29, 0.717) is 17.1 Å². The molecule has 0 fully saturated rings. The van der Waals surface area contributed by atoms with Gasteiger partial charge in [-0.25, -0.2) is 12.8 Å². The van der Waals surface area contributed by atoms with Crippen LogP contribution < -0.4 is 14.4 Å². The molecule has 0 aliphatic rings. The summed E-state index contributed by atoms with van der Waals surface area (Å²) in [4.78, 5) is 28.6. The number of rotatable bonds is 11. The average molecular weight is 632 g/mol. The zero-order valence-electron chi connectivity index (χ0n) is 26.0. The maximum Gasteiger partial charge on any atom is 0.264 e. The minimum atomic E-state index is -4.23. The molecule has 0 aromatic heterocycles. The summed E-state index contributed by atoms with van der Waals surface area (Å²) in [5, 5.41) is 2.88. The SMILES string of the molecule is Cc1ccc(S(=O)(=O)N(CC(=O)N(Cc2ccc(F)cc2)[C@@H](C)C(=O)NC(C)(C)C)c2ccc(Oc3ccccc3)cc2)cc1. The summed E-state index contributed by atoms with van der Waals surface area (Å²) in [6.07, 6.45) is 0. The largest absolute Gasteiger partial charge is 0.457 e. The monoisotopic (exact) mass is 631 g/mol. The Bertz CT molecular complexity index is 1700. The van der Waals surface area contributed by atoms with Gasteiger partial charge in [-0.2, -0.15) is 0 Å². The molecular weight excluding hydrogens is 593 g/mol. The molecule has 0 saturated heterocycles. The molecule has 0 aliphatic heterocycles. The fraction of sp³-hybridized carbons (Fsp3) is 0.257. The van der Waals surface area contributed by atoms with Crippen LogP contribution in [0.5, 0.6) is 11.5 Å². The lowest BCUT2D eigenvalue weighted by molar-refractivity contribution is -0.140. The number of para-hydroxylation sites is 1. The van der Waals surface area contributed by atoms with Crippen molar-refractivity contribution in [1.29, 1.82) is 0 Å². The van der Waals surface area contributed by atoms with Crippen LogP contribution in [-0.4, -0.2) is 43.3 Å². The molecule has 4 rings (SSSR count). The number of carbonyl (C=O) groups is 2. The Labute approximate surface area is 264 Å². The topological polar surface area (TPSA) is 96.0 Å². The highest BCUT2D eigenvalue weighted by Crippen LogP contribution is 2.29. The highest BCUT2D eigenvalue weighted by atomic mass is 32.2. The molecule has 1 atom stereocenters. The number of halogens is 1. The van der Waals surface area contributed by atoms with Crippen molar-refractivity contribution in [3.63, 3.8) is 0 Å². The van der Waals surface area contributed by atoms with Crippen molar-refractivity contribution in [2.45, 2.75) is 57.6 Å². The molecule has 0 radical (unpaired) electrons. The van der Waals surface area contributed by atoms with Crippen molar-refractivity contribution in [3.8, 4) is 11.5 Å². The Morgan fingerprint density at radius 2 is 1.42 bits per heavy atom. The quantitative estimate of drug-likeness (QED) is 0.205. The van der Waals surface area contributed by atoms with Crippen molar-refractivity contribution in [3.05, 3.63) is 120 Å². The summed E-state index contributed by atoms with van der Waals surface area (Å²) in [5.41, 5.74) is 1.12. The molecule has 0 saturated carbocycles. The molecule has 0 aliphatic carbocycles. The number of nitrogens with zero attached hydrogens (tertiary/aromatic N) is 2. The van der Waals surface area contributed by atoms with Crippen LogP contribution in [0.25, 0.3) is 0 Å². The van der Waals surface area contributed by atoms with Crippen LogP contribution in [0.15, 0.2) is 108 Å². The first-order chi connectivity index (χ1) is 21.2. The van der Waals surface area contributed by atoms with Crippen LogP contribution in [0.3, 0.4) is 0 Å². The van der Waals surface area contributed by atoms with E-state index in [1.54, 1.807) is 55.5 Å². The number of amides is 2. The van der Waals surface area contributed by atoms with Gasteiger partial charge >= 0.3 is 0 Å². The number of benzene rings is 4. The first-order valence-electron chi connectivity index (χ1n) is 14.5. The molecule has 10 heteroatoms. The van der Waals surface area contributed by atoms with Crippen molar-refractivity contribution in [2.75, 3.05) is 10.8 Å². The molecule has 1 N–H and O–H groups in total. The van der Waals surface area contributed by atoms with Gasteiger partial charge in [-0.3, -0.25) is 13.9 Å². The van der Waals surface area contributed by atoms with Gasteiger partial charge in [0.1, 0.15) is 29.9 Å². The molecule has 0 spiro atoms. The lowest BCUT2D eigenvalue weighted by atomic mass is 10.1. The van der Waals surface area contributed by atoms with E-state index in [2.05, 4.69) is 5.32 Å². The maximum atomic E-state index is 14.1. The summed E-state index contributed by atoms with van der Waals surface area (Å²) < 4.78 is 48.7. The van der Waals surface area contributed by atoms with Crippen molar-refractivity contribution in [2.24, 2.45) is 0 Å². The third-order valence-electron chi connectivity index (χ3n) is 6.92. The standard InChI is InChI=1S/C35H38FN3O5S/c1-25-11-21-32(22-12-25)45(42,43)39(29-17-19-31(20-18-29)44-30-9-7-6-8-10-30)24-33(40)38(23-27-13-15-28(36)16-14-27)26(2)34(41)37-35(3,4)5/h6-22,26H,23-24H2,1-5H3,(H,37,41)/t26-/m0/s1. The summed E-state index contributed by atoms with van der Waals surface area (Å²) >= 11 is 0. The second-order valence-electron chi connectivity index (χ2n) is 11.8. The Balaban J connectivity index is 1.71. The van der Waals surface area contributed by atoms with Crippen LogP contribution in [0.2, 0.25) is 0 Å². The number of aryl methyl sites for hydroxylation is 1. The lowest BCUT2D eigenvalue weighted by Crippen LogP contribution is -2.54. The molecule has 0 unspecified atom stereocenters. The Kier molecular flexibility index (Phi) is 10.3. The van der Waals surface area contributed by atoms with E-state index in [-0.39, 0.29) is 17.1 Å². The zero-order chi connectivity index (χ0) is 32.8. The number of hydrogen-bond donors (Lipinski definition) is 1. The van der Waals surface area contributed by atoms with Gasteiger partial charge in [0.25, 0.3) is 10.0 Å². The Morgan fingerprint density at radius 3 is 2.00 bits per heavy atom. The zero-order valence-corrected chi connectivity index (χ0v) is 26.8. The fourth-order valence-corrected chi connectivity index (χ4v) is 5.93. The summed E-state index contributed by atoms with van der Waals surface area (Å²) in [7, 11) is -4.23. The van der Waals surface area contributed by atoms with E-state index in [9.17, 15) is 22.4 Å². The molecular formula is C35H38FN3O5S. The third kappa shape index (κ3) is 8.92. The lowest BCUT2D eigenvalue weighted by Gasteiger charge is -2.33. The van der Waals surface area contributed by atoms with E-state index >= 15 is 0 Å². The third-order valence-corrected chi connectivity index (χ3v) is 8.71. The minimum Gasteiger partial charge on any atom is -0.457 e. The smallest absolute Gasteiger partial charge is 0.264 e. The molecule has 45 heavy (non-hydrogen) atoms. The maximum absolute atomic E-state index is 14.1. The highest BCUT2D eigenvalue weighted by molar-refractivity contribution is 7.92. The van der Waals surface area contributed by atoms with Gasteiger partial charge in [0, 0.05) is 12.1 Å². The predicted octanol–water partition coefficient (Wildman–Crippen LogP) is 6.45. The van der Waals surface area contributed by atoms with Crippen LogP contribution in [0.4, 0.5) is 10.1 Å². The summed E-state index contributed by atoms with van der Waals surface area (Å²) in [6, 6.07) is 26.5. The molecule has 2 amide bonds. The average Bonchev–Trinajstić information content (AvgIpc) is 2.99. The van der Waals surface area contributed by atoms with E-state index < -0.39 is 45.8 Å². The van der Waals surface area contributed by atoms with E-state index in [0.717, 1.165) is 9.87 Å². The van der Waals surface area contributed by atoms with Crippen molar-refractivity contribution >= 4 is 27.5 Å². The molecule has 0 heterocycles. The number of nitrogens with one attached hydrogen (secondary N) is 1. The van der Waals surface area contributed by atoms with Crippen molar-refractivity contribution < 1.29 is 27.1 Å². The Hall–Kier alpha value is -4.70. The molecule has 236 valence electrons. The number of carbonyl (C=O) groups excluding carboxylic acids is 2. The van der Waals surface area contributed by atoms with Crippen LogP contribution in [-0.2, 0) is 26.2 Å². The molecule has 8 nitrogen and oxygen atoms in total. The van der Waals surface area contributed by atoms with Gasteiger partial charge in [0.15, 0.2) is 0 Å². The molecule has 4 aromatic carbocycles. The molecule has 4 aromatic rings. The fourth-order valence-electron chi connectivity index (χ4n) is 4.51.